The lowest BCUT2D eigenvalue weighted by Gasteiger charge is -2.10. The van der Waals surface area contributed by atoms with Gasteiger partial charge in [0, 0.05) is 11.6 Å². The average Bonchev–Trinajstić information content (AvgIpc) is 2.67. The van der Waals surface area contributed by atoms with Crippen molar-refractivity contribution in [2.24, 2.45) is 5.10 Å². The van der Waals surface area contributed by atoms with E-state index in [0.29, 0.717) is 22.6 Å². The molecule has 0 unspecified atom stereocenters. The third-order valence-corrected chi connectivity index (χ3v) is 3.40. The van der Waals surface area contributed by atoms with Gasteiger partial charge in [0.15, 0.2) is 11.5 Å². The average molecular weight is 380 g/mol. The largest absolute Gasteiger partial charge is 0.497 e. The maximum absolute atomic E-state index is 12.3. The van der Waals surface area contributed by atoms with E-state index >= 15 is 0 Å². The van der Waals surface area contributed by atoms with E-state index in [-0.39, 0.29) is 11.5 Å². The smallest absolute Gasteiger partial charge is 0.387 e. The van der Waals surface area contributed by atoms with Crippen molar-refractivity contribution in [3.8, 4) is 23.0 Å². The summed E-state index contributed by atoms with van der Waals surface area (Å²) in [7, 11) is 4.28. The normalized spacial score (nSPS) is 10.7. The summed E-state index contributed by atoms with van der Waals surface area (Å²) in [5.41, 5.74) is 3.17. The Kier molecular flexibility index (Phi) is 6.93. The summed E-state index contributed by atoms with van der Waals surface area (Å²) in [5, 5.41) is 3.84. The number of methoxy groups -OCH3 is 3. The molecule has 0 fully saturated rings. The third kappa shape index (κ3) is 5.56. The molecule has 27 heavy (non-hydrogen) atoms. The molecule has 0 bridgehead atoms. The predicted molar refractivity (Wildman–Crippen MR) is 94.2 cm³/mol. The number of alkyl halides is 2. The third-order valence-electron chi connectivity index (χ3n) is 3.40. The van der Waals surface area contributed by atoms with Gasteiger partial charge in [-0.05, 0) is 35.9 Å². The molecule has 1 amide bonds. The van der Waals surface area contributed by atoms with Crippen molar-refractivity contribution >= 4 is 12.1 Å². The van der Waals surface area contributed by atoms with E-state index in [2.05, 4.69) is 15.3 Å². The summed E-state index contributed by atoms with van der Waals surface area (Å²) in [6.45, 7) is -2.96. The van der Waals surface area contributed by atoms with Crippen molar-refractivity contribution in [1.82, 2.24) is 5.43 Å². The fraction of sp³-hybridized carbons (Fsp3) is 0.222. The molecule has 2 rings (SSSR count). The molecule has 0 atom stereocenters. The van der Waals surface area contributed by atoms with Crippen molar-refractivity contribution in [2.45, 2.75) is 6.61 Å². The van der Waals surface area contributed by atoms with Crippen LogP contribution in [0.25, 0.3) is 0 Å². The predicted octanol–water partition coefficient (Wildman–Crippen LogP) is 3.08. The maximum Gasteiger partial charge on any atom is 0.387 e. The summed E-state index contributed by atoms with van der Waals surface area (Å²) in [5.74, 6) is 0.457. The van der Waals surface area contributed by atoms with Gasteiger partial charge >= 0.3 is 6.61 Å². The van der Waals surface area contributed by atoms with Crippen LogP contribution in [-0.2, 0) is 0 Å². The molecule has 0 heterocycles. The van der Waals surface area contributed by atoms with Gasteiger partial charge in [-0.15, -0.1) is 0 Å². The minimum atomic E-state index is -2.96. The minimum Gasteiger partial charge on any atom is -0.497 e. The van der Waals surface area contributed by atoms with E-state index in [1.165, 1.54) is 57.9 Å². The highest BCUT2D eigenvalue weighted by Gasteiger charge is 2.11. The van der Waals surface area contributed by atoms with Gasteiger partial charge in [0.2, 0.25) is 0 Å². The van der Waals surface area contributed by atoms with Crippen molar-refractivity contribution in [3.63, 3.8) is 0 Å². The number of hydrazone groups is 1. The Balaban J connectivity index is 2.09. The topological polar surface area (TPSA) is 78.4 Å². The lowest BCUT2D eigenvalue weighted by Crippen LogP contribution is -2.17. The zero-order valence-electron chi connectivity index (χ0n) is 14.9. The van der Waals surface area contributed by atoms with Crippen molar-refractivity contribution in [3.05, 3.63) is 47.5 Å². The number of amides is 1. The van der Waals surface area contributed by atoms with Gasteiger partial charge < -0.3 is 18.9 Å². The Bertz CT molecular complexity index is 805. The Hall–Kier alpha value is -3.36. The summed E-state index contributed by atoms with van der Waals surface area (Å²) < 4.78 is 44.2. The minimum absolute atomic E-state index is 0.0999. The molecule has 2 aromatic carbocycles. The fourth-order valence-corrected chi connectivity index (χ4v) is 2.13. The monoisotopic (exact) mass is 380 g/mol. The first-order valence-corrected chi connectivity index (χ1v) is 7.66. The standard InChI is InChI=1S/C18H18F2N2O5/c1-24-13-7-12(8-14(9-13)25-2)17(23)22-21-10-11-4-5-15(27-18(19)20)16(6-11)26-3/h4-10,18H,1-3H3,(H,22,23)/b21-10-. The second-order valence-corrected chi connectivity index (χ2v) is 5.09. The van der Waals surface area contributed by atoms with Crippen LogP contribution in [0.4, 0.5) is 8.78 Å². The zero-order chi connectivity index (χ0) is 19.8. The Morgan fingerprint density at radius 3 is 2.22 bits per heavy atom. The molecule has 0 aliphatic rings. The number of rotatable bonds is 8. The van der Waals surface area contributed by atoms with E-state index in [9.17, 15) is 13.6 Å². The molecule has 0 saturated heterocycles. The van der Waals surface area contributed by atoms with Crippen LogP contribution >= 0.6 is 0 Å². The maximum atomic E-state index is 12.3. The van der Waals surface area contributed by atoms with Crippen LogP contribution in [0.15, 0.2) is 41.5 Å². The van der Waals surface area contributed by atoms with E-state index in [0.717, 1.165) is 0 Å². The van der Waals surface area contributed by atoms with Gasteiger partial charge in [0.25, 0.3) is 5.91 Å². The molecular formula is C18H18F2N2O5. The molecule has 1 N–H and O–H groups in total. The van der Waals surface area contributed by atoms with Gasteiger partial charge in [-0.25, -0.2) is 5.43 Å². The van der Waals surface area contributed by atoms with Crippen LogP contribution in [0.3, 0.4) is 0 Å². The number of benzene rings is 2. The highest BCUT2D eigenvalue weighted by atomic mass is 19.3. The molecule has 0 aromatic heterocycles. The van der Waals surface area contributed by atoms with E-state index in [1.54, 1.807) is 6.07 Å². The van der Waals surface area contributed by atoms with Gasteiger partial charge in [-0.3, -0.25) is 4.79 Å². The first-order valence-electron chi connectivity index (χ1n) is 7.66. The molecular weight excluding hydrogens is 362 g/mol. The second-order valence-electron chi connectivity index (χ2n) is 5.09. The molecule has 7 nitrogen and oxygen atoms in total. The SMILES string of the molecule is COc1cc(OC)cc(C(=O)N/N=C\c2ccc(OC(F)F)c(OC)c2)c1. The summed E-state index contributed by atoms with van der Waals surface area (Å²) in [4.78, 5) is 12.2. The number of hydrogen-bond donors (Lipinski definition) is 1. The van der Waals surface area contributed by atoms with E-state index in [1.807, 2.05) is 0 Å². The van der Waals surface area contributed by atoms with Crippen LogP contribution in [0.1, 0.15) is 15.9 Å². The molecule has 0 saturated carbocycles. The Labute approximate surface area is 154 Å². The number of nitrogens with zero attached hydrogens (tertiary/aromatic N) is 1. The quantitative estimate of drug-likeness (QED) is 0.563. The van der Waals surface area contributed by atoms with Gasteiger partial charge in [-0.2, -0.15) is 13.9 Å². The summed E-state index contributed by atoms with van der Waals surface area (Å²) >= 11 is 0. The highest BCUT2D eigenvalue weighted by molar-refractivity contribution is 5.95. The molecule has 0 radical (unpaired) electrons. The van der Waals surface area contributed by atoms with Gasteiger partial charge in [0.1, 0.15) is 11.5 Å². The lowest BCUT2D eigenvalue weighted by atomic mass is 10.2. The highest BCUT2D eigenvalue weighted by Crippen LogP contribution is 2.29. The van der Waals surface area contributed by atoms with Crippen molar-refractivity contribution in [2.75, 3.05) is 21.3 Å². The molecule has 0 aliphatic heterocycles. The zero-order valence-corrected chi connectivity index (χ0v) is 14.9. The molecule has 9 heteroatoms. The summed E-state index contributed by atoms with van der Waals surface area (Å²) in [6.07, 6.45) is 1.34. The number of hydrogen-bond acceptors (Lipinski definition) is 6. The number of carbonyl (C=O) groups is 1. The number of ether oxygens (including phenoxy) is 4. The fourth-order valence-electron chi connectivity index (χ4n) is 2.13. The number of nitrogens with one attached hydrogen (secondary N) is 1. The van der Waals surface area contributed by atoms with Crippen LogP contribution in [0, 0.1) is 0 Å². The molecule has 0 aliphatic carbocycles. The van der Waals surface area contributed by atoms with E-state index < -0.39 is 12.5 Å². The Morgan fingerprint density at radius 2 is 1.67 bits per heavy atom. The lowest BCUT2D eigenvalue weighted by molar-refractivity contribution is -0.0512. The molecule has 0 spiro atoms. The number of halogens is 2. The van der Waals surface area contributed by atoms with Crippen LogP contribution in [0.5, 0.6) is 23.0 Å². The second kappa shape index (κ2) is 9.37. The molecule has 2 aromatic rings. The van der Waals surface area contributed by atoms with Crippen molar-refractivity contribution < 1.29 is 32.5 Å². The first kappa shape index (κ1) is 20.0. The summed E-state index contributed by atoms with van der Waals surface area (Å²) in [6, 6.07) is 8.96. The Morgan fingerprint density at radius 1 is 1.00 bits per heavy atom. The van der Waals surface area contributed by atoms with Crippen molar-refractivity contribution in [1.29, 1.82) is 0 Å². The van der Waals surface area contributed by atoms with Crippen LogP contribution in [-0.4, -0.2) is 40.1 Å². The van der Waals surface area contributed by atoms with Gasteiger partial charge in [0.05, 0.1) is 27.5 Å². The molecule has 144 valence electrons. The van der Waals surface area contributed by atoms with Crippen LogP contribution in [0.2, 0.25) is 0 Å². The van der Waals surface area contributed by atoms with E-state index in [4.69, 9.17) is 14.2 Å². The van der Waals surface area contributed by atoms with Crippen LogP contribution < -0.4 is 24.4 Å². The van der Waals surface area contributed by atoms with Gasteiger partial charge in [-0.1, -0.05) is 0 Å². The number of carbonyl (C=O) groups excluding carboxylic acids is 1. The first-order chi connectivity index (χ1) is 13.0.